The van der Waals surface area contributed by atoms with Gasteiger partial charge in [0, 0.05) is 36.9 Å². The molecule has 0 unspecified atom stereocenters. The number of likely N-dealkylation sites (tertiary alicyclic amines) is 2. The van der Waals surface area contributed by atoms with E-state index in [9.17, 15) is 9.59 Å². The third kappa shape index (κ3) is 3.34. The lowest BCUT2D eigenvalue weighted by Crippen LogP contribution is -2.42. The minimum atomic E-state index is -0.436. The van der Waals surface area contributed by atoms with E-state index in [2.05, 4.69) is 29.1 Å². The van der Waals surface area contributed by atoms with E-state index < -0.39 is 5.41 Å². The predicted molar refractivity (Wildman–Crippen MR) is 109 cm³/mol. The van der Waals surface area contributed by atoms with Gasteiger partial charge in [0.25, 0.3) is 5.91 Å². The number of amides is 2. The normalized spacial score (nSPS) is 24.1. The predicted octanol–water partition coefficient (Wildman–Crippen LogP) is 3.61. The van der Waals surface area contributed by atoms with Gasteiger partial charge in [-0.2, -0.15) is 0 Å². The Morgan fingerprint density at radius 3 is 2.45 bits per heavy atom. The molecule has 0 bridgehead atoms. The Morgan fingerprint density at radius 2 is 1.83 bits per heavy atom. The van der Waals surface area contributed by atoms with Crippen LogP contribution in [-0.4, -0.2) is 46.4 Å². The summed E-state index contributed by atoms with van der Waals surface area (Å²) in [7, 11) is 0. The number of rotatable bonds is 2. The number of aryl methyl sites for hydroxylation is 2. The molecule has 0 aliphatic carbocycles. The van der Waals surface area contributed by atoms with Gasteiger partial charge in [-0.3, -0.25) is 9.59 Å². The highest BCUT2D eigenvalue weighted by Crippen LogP contribution is 2.47. The average molecular weight is 396 g/mol. The van der Waals surface area contributed by atoms with Gasteiger partial charge in [-0.1, -0.05) is 50.2 Å². The van der Waals surface area contributed by atoms with Crippen LogP contribution in [0.3, 0.4) is 0 Å². The molecule has 2 aliphatic rings. The third-order valence-corrected chi connectivity index (χ3v) is 6.34. The summed E-state index contributed by atoms with van der Waals surface area (Å²) in [6, 6.07) is 8.28. The van der Waals surface area contributed by atoms with Crippen molar-refractivity contribution in [2.24, 2.45) is 17.3 Å². The standard InChI is InChI=1S/C23H29N3O3/c1-14-8-6-7-9-17(14)20-19-13-25(21(27)18-10-24-29-15(18)2)11-16(19)12-26(20)22(28)23(3,4)5/h6-10,16,19-20H,11-13H2,1-5H3/t16-,19-,20+/m0/s1. The molecular weight excluding hydrogens is 366 g/mol. The Kier molecular flexibility index (Phi) is 4.75. The maximum Gasteiger partial charge on any atom is 0.259 e. The molecule has 2 saturated heterocycles. The van der Waals surface area contributed by atoms with Crippen LogP contribution in [0.2, 0.25) is 0 Å². The van der Waals surface area contributed by atoms with Gasteiger partial charge in [-0.25, -0.2) is 0 Å². The van der Waals surface area contributed by atoms with Gasteiger partial charge in [0.2, 0.25) is 5.91 Å². The molecule has 6 nitrogen and oxygen atoms in total. The van der Waals surface area contributed by atoms with Crippen molar-refractivity contribution in [3.8, 4) is 0 Å². The van der Waals surface area contributed by atoms with E-state index in [1.807, 2.05) is 37.8 Å². The molecule has 0 saturated carbocycles. The van der Waals surface area contributed by atoms with Crippen molar-refractivity contribution >= 4 is 11.8 Å². The van der Waals surface area contributed by atoms with Crippen molar-refractivity contribution in [3.63, 3.8) is 0 Å². The largest absolute Gasteiger partial charge is 0.361 e. The molecule has 154 valence electrons. The van der Waals surface area contributed by atoms with E-state index in [1.54, 1.807) is 6.92 Å². The smallest absolute Gasteiger partial charge is 0.259 e. The summed E-state index contributed by atoms with van der Waals surface area (Å²) >= 11 is 0. The Balaban J connectivity index is 1.66. The summed E-state index contributed by atoms with van der Waals surface area (Å²) in [5.41, 5.74) is 2.46. The summed E-state index contributed by atoms with van der Waals surface area (Å²) in [5, 5.41) is 3.75. The topological polar surface area (TPSA) is 66.7 Å². The first-order valence-corrected chi connectivity index (χ1v) is 10.3. The molecule has 6 heteroatoms. The van der Waals surface area contributed by atoms with Gasteiger partial charge < -0.3 is 14.3 Å². The maximum absolute atomic E-state index is 13.3. The number of hydrogen-bond donors (Lipinski definition) is 0. The van der Waals surface area contributed by atoms with Gasteiger partial charge in [-0.05, 0) is 25.0 Å². The quantitative estimate of drug-likeness (QED) is 0.779. The fourth-order valence-corrected chi connectivity index (χ4v) is 4.84. The first kappa shape index (κ1) is 19.7. The number of carbonyl (C=O) groups is 2. The van der Waals surface area contributed by atoms with Crippen LogP contribution in [0.5, 0.6) is 0 Å². The number of benzene rings is 1. The number of nitrogens with zero attached hydrogens (tertiary/aromatic N) is 3. The molecule has 0 radical (unpaired) electrons. The zero-order valence-corrected chi connectivity index (χ0v) is 17.8. The third-order valence-electron chi connectivity index (χ3n) is 6.34. The summed E-state index contributed by atoms with van der Waals surface area (Å²) < 4.78 is 5.08. The van der Waals surface area contributed by atoms with Crippen LogP contribution in [-0.2, 0) is 4.79 Å². The Morgan fingerprint density at radius 1 is 1.10 bits per heavy atom. The first-order chi connectivity index (χ1) is 13.7. The average Bonchev–Trinajstić information content (AvgIpc) is 3.34. The minimum absolute atomic E-state index is 0.00528. The van der Waals surface area contributed by atoms with Gasteiger partial charge in [-0.15, -0.1) is 0 Å². The van der Waals surface area contributed by atoms with Gasteiger partial charge in [0.1, 0.15) is 11.3 Å². The van der Waals surface area contributed by atoms with Crippen molar-refractivity contribution in [2.75, 3.05) is 19.6 Å². The molecule has 2 amide bonds. The van der Waals surface area contributed by atoms with Crippen LogP contribution >= 0.6 is 0 Å². The van der Waals surface area contributed by atoms with Crippen LogP contribution < -0.4 is 0 Å². The zero-order chi connectivity index (χ0) is 20.9. The fourth-order valence-electron chi connectivity index (χ4n) is 4.84. The van der Waals surface area contributed by atoms with Crippen molar-refractivity contribution in [1.29, 1.82) is 0 Å². The molecule has 29 heavy (non-hydrogen) atoms. The van der Waals surface area contributed by atoms with Gasteiger partial charge in [0.15, 0.2) is 0 Å². The summed E-state index contributed by atoms with van der Waals surface area (Å²) in [5.74, 6) is 1.19. The molecule has 4 rings (SSSR count). The van der Waals surface area contributed by atoms with Crippen molar-refractivity contribution < 1.29 is 14.1 Å². The maximum atomic E-state index is 13.3. The van der Waals surface area contributed by atoms with E-state index in [-0.39, 0.29) is 29.7 Å². The number of fused-ring (bicyclic) bond motifs is 1. The molecule has 2 fully saturated rings. The van der Waals surface area contributed by atoms with E-state index in [4.69, 9.17) is 4.52 Å². The summed E-state index contributed by atoms with van der Waals surface area (Å²) in [4.78, 5) is 30.2. The van der Waals surface area contributed by atoms with Crippen LogP contribution in [0.25, 0.3) is 0 Å². The Bertz CT molecular complexity index is 943. The van der Waals surface area contributed by atoms with E-state index in [1.165, 1.54) is 17.3 Å². The second-order valence-electron chi connectivity index (χ2n) is 9.44. The van der Waals surface area contributed by atoms with E-state index >= 15 is 0 Å². The van der Waals surface area contributed by atoms with Crippen molar-refractivity contribution in [3.05, 3.63) is 52.9 Å². The van der Waals surface area contributed by atoms with E-state index in [0.29, 0.717) is 31.0 Å². The lowest BCUT2D eigenvalue weighted by Gasteiger charge is -2.34. The summed E-state index contributed by atoms with van der Waals surface area (Å²) in [6.07, 6.45) is 1.50. The summed E-state index contributed by atoms with van der Waals surface area (Å²) in [6.45, 7) is 11.8. The van der Waals surface area contributed by atoms with Gasteiger partial charge in [0.05, 0.1) is 12.2 Å². The Hall–Kier alpha value is -2.63. The van der Waals surface area contributed by atoms with Crippen LogP contribution in [0.1, 0.15) is 54.1 Å². The van der Waals surface area contributed by atoms with Crippen LogP contribution in [0.4, 0.5) is 0 Å². The monoisotopic (exact) mass is 395 g/mol. The SMILES string of the molecule is Cc1ccccc1[C@@H]1[C@H]2CN(C(=O)c3cnoc3C)C[C@H]2CN1C(=O)C(C)(C)C. The lowest BCUT2D eigenvalue weighted by molar-refractivity contribution is -0.141. The molecule has 2 aliphatic heterocycles. The van der Waals surface area contributed by atoms with E-state index in [0.717, 1.165) is 0 Å². The highest BCUT2D eigenvalue weighted by Gasteiger charge is 2.51. The molecule has 3 heterocycles. The number of hydrogen-bond acceptors (Lipinski definition) is 4. The highest BCUT2D eigenvalue weighted by atomic mass is 16.5. The number of carbonyl (C=O) groups excluding carboxylic acids is 2. The minimum Gasteiger partial charge on any atom is -0.361 e. The van der Waals surface area contributed by atoms with Gasteiger partial charge >= 0.3 is 0 Å². The second-order valence-corrected chi connectivity index (χ2v) is 9.44. The first-order valence-electron chi connectivity index (χ1n) is 10.3. The second kappa shape index (κ2) is 7.01. The van der Waals surface area contributed by atoms with Crippen molar-refractivity contribution in [1.82, 2.24) is 15.0 Å². The molecular formula is C23H29N3O3. The zero-order valence-electron chi connectivity index (χ0n) is 17.8. The van der Waals surface area contributed by atoms with Crippen LogP contribution in [0, 0.1) is 31.1 Å². The molecule has 1 aromatic carbocycles. The fraction of sp³-hybridized carbons (Fsp3) is 0.522. The highest BCUT2D eigenvalue weighted by molar-refractivity contribution is 5.95. The molecule has 1 aromatic heterocycles. The van der Waals surface area contributed by atoms with Crippen molar-refractivity contribution in [2.45, 2.75) is 40.7 Å². The van der Waals surface area contributed by atoms with Crippen LogP contribution in [0.15, 0.2) is 35.0 Å². The lowest BCUT2D eigenvalue weighted by atomic mass is 9.87. The Labute approximate surface area is 171 Å². The number of aromatic nitrogens is 1. The molecule has 0 N–H and O–H groups in total. The molecule has 2 aromatic rings. The molecule has 3 atom stereocenters. The molecule has 0 spiro atoms.